The van der Waals surface area contributed by atoms with Crippen molar-refractivity contribution in [3.8, 4) is 0 Å². The Hall–Kier alpha value is -0.680. The quantitative estimate of drug-likeness (QED) is 0.781. The van der Waals surface area contributed by atoms with E-state index in [4.69, 9.17) is 23.2 Å². The van der Waals surface area contributed by atoms with E-state index in [0.29, 0.717) is 5.02 Å². The molecule has 0 bridgehead atoms. The van der Waals surface area contributed by atoms with Crippen LogP contribution in [0.3, 0.4) is 0 Å². The number of benzene rings is 2. The molecule has 2 rings (SSSR count). The molecule has 1 atom stereocenters. The van der Waals surface area contributed by atoms with E-state index in [2.05, 4.69) is 15.9 Å². The van der Waals surface area contributed by atoms with Gasteiger partial charge in [-0.3, -0.25) is 0 Å². The smallest absolute Gasteiger partial charge is 0.133 e. The molecule has 19 heavy (non-hydrogen) atoms. The standard InChI is InChI=1S/C13H7BrCl2F2O/c14-7-4-10(17)12(11(18)5-7)13(19)6-1-2-8(15)9(16)3-6/h1-5,13,19H. The molecule has 0 saturated heterocycles. The molecule has 2 aromatic carbocycles. The van der Waals surface area contributed by atoms with Crippen LogP contribution >= 0.6 is 39.1 Å². The Balaban J connectivity index is 2.49. The first-order valence-electron chi connectivity index (χ1n) is 5.17. The summed E-state index contributed by atoms with van der Waals surface area (Å²) in [6.45, 7) is 0. The van der Waals surface area contributed by atoms with Gasteiger partial charge in [-0.05, 0) is 29.8 Å². The summed E-state index contributed by atoms with van der Waals surface area (Å²) in [5, 5.41) is 10.6. The molecule has 1 N–H and O–H groups in total. The maximum atomic E-state index is 13.7. The highest BCUT2D eigenvalue weighted by Crippen LogP contribution is 2.32. The molecule has 0 radical (unpaired) electrons. The van der Waals surface area contributed by atoms with Crippen LogP contribution in [0, 0.1) is 11.6 Å². The molecule has 1 nitrogen and oxygen atoms in total. The summed E-state index contributed by atoms with van der Waals surface area (Å²) in [7, 11) is 0. The summed E-state index contributed by atoms with van der Waals surface area (Å²) >= 11 is 14.5. The zero-order valence-electron chi connectivity index (χ0n) is 9.30. The van der Waals surface area contributed by atoms with Gasteiger partial charge in [0.25, 0.3) is 0 Å². The van der Waals surface area contributed by atoms with E-state index < -0.39 is 23.3 Å². The van der Waals surface area contributed by atoms with Crippen molar-refractivity contribution in [1.82, 2.24) is 0 Å². The average molecular weight is 368 g/mol. The van der Waals surface area contributed by atoms with Gasteiger partial charge in [0.1, 0.15) is 17.7 Å². The van der Waals surface area contributed by atoms with Crippen molar-refractivity contribution in [1.29, 1.82) is 0 Å². The topological polar surface area (TPSA) is 20.2 Å². The average Bonchev–Trinajstić information content (AvgIpc) is 2.31. The Kier molecular flexibility index (Phi) is 4.46. The van der Waals surface area contributed by atoms with Gasteiger partial charge in [0.2, 0.25) is 0 Å². The molecule has 0 aliphatic rings. The molecule has 0 aliphatic heterocycles. The molecule has 0 aromatic heterocycles. The Morgan fingerprint density at radius 2 is 1.58 bits per heavy atom. The number of aliphatic hydroxyl groups excluding tert-OH is 1. The van der Waals surface area contributed by atoms with E-state index >= 15 is 0 Å². The molecule has 2 aromatic rings. The molecule has 0 saturated carbocycles. The number of hydrogen-bond donors (Lipinski definition) is 1. The van der Waals surface area contributed by atoms with Crippen LogP contribution < -0.4 is 0 Å². The molecule has 0 fully saturated rings. The van der Waals surface area contributed by atoms with Crippen molar-refractivity contribution in [2.24, 2.45) is 0 Å². The summed E-state index contributed by atoms with van der Waals surface area (Å²) in [6, 6.07) is 6.45. The minimum Gasteiger partial charge on any atom is -0.383 e. The Labute approximate surface area is 126 Å². The largest absolute Gasteiger partial charge is 0.383 e. The molecule has 0 heterocycles. The summed E-state index contributed by atoms with van der Waals surface area (Å²) in [6.07, 6.45) is -1.46. The maximum Gasteiger partial charge on any atom is 0.133 e. The van der Waals surface area contributed by atoms with Crippen molar-refractivity contribution in [2.75, 3.05) is 0 Å². The third-order valence-corrected chi connectivity index (χ3v) is 3.77. The van der Waals surface area contributed by atoms with Crippen LogP contribution in [0.2, 0.25) is 10.0 Å². The van der Waals surface area contributed by atoms with E-state index in [9.17, 15) is 13.9 Å². The molecule has 0 spiro atoms. The van der Waals surface area contributed by atoms with Gasteiger partial charge in [-0.1, -0.05) is 45.2 Å². The van der Waals surface area contributed by atoms with Gasteiger partial charge >= 0.3 is 0 Å². The lowest BCUT2D eigenvalue weighted by atomic mass is 10.0. The fraction of sp³-hybridized carbons (Fsp3) is 0.0769. The number of halogens is 5. The fourth-order valence-corrected chi connectivity index (χ4v) is 2.37. The van der Waals surface area contributed by atoms with Gasteiger partial charge in [0.05, 0.1) is 15.6 Å². The van der Waals surface area contributed by atoms with Gasteiger partial charge in [-0.15, -0.1) is 0 Å². The second kappa shape index (κ2) is 5.75. The molecule has 100 valence electrons. The normalized spacial score (nSPS) is 12.5. The monoisotopic (exact) mass is 366 g/mol. The number of rotatable bonds is 2. The van der Waals surface area contributed by atoms with E-state index in [1.165, 1.54) is 18.2 Å². The third-order valence-electron chi connectivity index (χ3n) is 2.58. The zero-order chi connectivity index (χ0) is 14.2. The minimum atomic E-state index is -1.46. The summed E-state index contributed by atoms with van der Waals surface area (Å²) in [4.78, 5) is 0. The molecule has 0 amide bonds. The van der Waals surface area contributed by atoms with Crippen LogP contribution in [0.4, 0.5) is 8.78 Å². The highest BCUT2D eigenvalue weighted by Gasteiger charge is 2.21. The van der Waals surface area contributed by atoms with E-state index in [1.807, 2.05) is 0 Å². The van der Waals surface area contributed by atoms with Crippen molar-refractivity contribution in [3.05, 3.63) is 67.6 Å². The molecule has 6 heteroatoms. The highest BCUT2D eigenvalue weighted by molar-refractivity contribution is 9.10. The highest BCUT2D eigenvalue weighted by atomic mass is 79.9. The lowest BCUT2D eigenvalue weighted by Gasteiger charge is -2.14. The van der Waals surface area contributed by atoms with Crippen LogP contribution in [0.5, 0.6) is 0 Å². The van der Waals surface area contributed by atoms with Gasteiger partial charge in [-0.25, -0.2) is 8.78 Å². The molecule has 0 aliphatic carbocycles. The maximum absolute atomic E-state index is 13.7. The Morgan fingerprint density at radius 1 is 1.00 bits per heavy atom. The van der Waals surface area contributed by atoms with E-state index in [0.717, 1.165) is 12.1 Å². The van der Waals surface area contributed by atoms with Gasteiger partial charge in [-0.2, -0.15) is 0 Å². The van der Waals surface area contributed by atoms with Crippen LogP contribution in [0.25, 0.3) is 0 Å². The molecular weight excluding hydrogens is 361 g/mol. The SMILES string of the molecule is OC(c1ccc(Cl)c(Cl)c1)c1c(F)cc(Br)cc1F. The molecule has 1 unspecified atom stereocenters. The molecular formula is C13H7BrCl2F2O. The lowest BCUT2D eigenvalue weighted by Crippen LogP contribution is -2.06. The second-order valence-corrected chi connectivity index (χ2v) is 5.59. The van der Waals surface area contributed by atoms with Gasteiger partial charge < -0.3 is 5.11 Å². The predicted octanol–water partition coefficient (Wildman–Crippen LogP) is 5.12. The minimum absolute atomic E-state index is 0.205. The summed E-state index contributed by atoms with van der Waals surface area (Å²) in [5.74, 6) is -1.68. The van der Waals surface area contributed by atoms with Crippen LogP contribution in [-0.2, 0) is 0 Å². The van der Waals surface area contributed by atoms with Crippen molar-refractivity contribution >= 4 is 39.1 Å². The third kappa shape index (κ3) is 3.08. The van der Waals surface area contributed by atoms with Gasteiger partial charge in [0, 0.05) is 4.47 Å². The van der Waals surface area contributed by atoms with Crippen LogP contribution in [0.15, 0.2) is 34.8 Å². The van der Waals surface area contributed by atoms with Crippen LogP contribution in [0.1, 0.15) is 17.2 Å². The summed E-state index contributed by atoms with van der Waals surface area (Å²) in [5.41, 5.74) is -0.170. The van der Waals surface area contributed by atoms with E-state index in [-0.39, 0.29) is 15.1 Å². The van der Waals surface area contributed by atoms with Crippen molar-refractivity contribution in [2.45, 2.75) is 6.10 Å². The predicted molar refractivity (Wildman–Crippen MR) is 74.6 cm³/mol. The van der Waals surface area contributed by atoms with Crippen molar-refractivity contribution < 1.29 is 13.9 Å². The van der Waals surface area contributed by atoms with Crippen LogP contribution in [-0.4, -0.2) is 5.11 Å². The Bertz CT molecular complexity index is 611. The fourth-order valence-electron chi connectivity index (χ4n) is 1.66. The zero-order valence-corrected chi connectivity index (χ0v) is 12.4. The lowest BCUT2D eigenvalue weighted by molar-refractivity contribution is 0.209. The summed E-state index contributed by atoms with van der Waals surface area (Å²) < 4.78 is 27.7. The first-order chi connectivity index (χ1) is 8.90. The second-order valence-electron chi connectivity index (χ2n) is 3.86. The number of hydrogen-bond acceptors (Lipinski definition) is 1. The Morgan fingerprint density at radius 3 is 2.11 bits per heavy atom. The van der Waals surface area contributed by atoms with Crippen molar-refractivity contribution in [3.63, 3.8) is 0 Å². The van der Waals surface area contributed by atoms with Gasteiger partial charge in [0.15, 0.2) is 0 Å². The first kappa shape index (κ1) is 14.7. The van der Waals surface area contributed by atoms with E-state index in [1.54, 1.807) is 0 Å². The number of aliphatic hydroxyl groups is 1. The first-order valence-corrected chi connectivity index (χ1v) is 6.72.